The van der Waals surface area contributed by atoms with Gasteiger partial charge >= 0.3 is 0 Å². The van der Waals surface area contributed by atoms with Gasteiger partial charge in [-0.15, -0.1) is 11.3 Å². The van der Waals surface area contributed by atoms with Gasteiger partial charge in [0.05, 0.1) is 12.6 Å². The van der Waals surface area contributed by atoms with E-state index in [0.717, 1.165) is 18.7 Å². The van der Waals surface area contributed by atoms with Gasteiger partial charge in [0.25, 0.3) is 0 Å². The summed E-state index contributed by atoms with van der Waals surface area (Å²) in [7, 11) is 0. The summed E-state index contributed by atoms with van der Waals surface area (Å²) in [6, 6.07) is 10.9. The summed E-state index contributed by atoms with van der Waals surface area (Å²) < 4.78 is 5.83. The monoisotopic (exact) mass is 303 g/mol. The third kappa shape index (κ3) is 3.86. The maximum absolute atomic E-state index is 5.83. The third-order valence-corrected chi connectivity index (χ3v) is 4.50. The van der Waals surface area contributed by atoms with Crippen molar-refractivity contribution in [3.63, 3.8) is 0 Å². The Kier molecular flexibility index (Phi) is 5.83. The Morgan fingerprint density at radius 3 is 2.52 bits per heavy atom. The first-order valence-corrected chi connectivity index (χ1v) is 8.51. The van der Waals surface area contributed by atoms with Gasteiger partial charge in [0.2, 0.25) is 0 Å². The molecule has 114 valence electrons. The molecule has 0 saturated carbocycles. The van der Waals surface area contributed by atoms with Crippen molar-refractivity contribution in [2.24, 2.45) is 0 Å². The molecule has 0 spiro atoms. The van der Waals surface area contributed by atoms with Crippen LogP contribution >= 0.6 is 11.3 Å². The Morgan fingerprint density at radius 2 is 1.90 bits per heavy atom. The van der Waals surface area contributed by atoms with Gasteiger partial charge < -0.3 is 10.1 Å². The molecule has 2 nitrogen and oxygen atoms in total. The molecule has 3 heteroatoms. The molecule has 0 aliphatic heterocycles. The summed E-state index contributed by atoms with van der Waals surface area (Å²) in [6.07, 6.45) is 1.12. The average molecular weight is 303 g/mol. The molecular formula is C18H25NOS. The highest BCUT2D eigenvalue weighted by Gasteiger charge is 2.20. The van der Waals surface area contributed by atoms with Gasteiger partial charge in [-0.2, -0.15) is 0 Å². The van der Waals surface area contributed by atoms with Crippen molar-refractivity contribution in [1.82, 2.24) is 5.32 Å². The van der Waals surface area contributed by atoms with E-state index in [1.807, 2.05) is 24.3 Å². The lowest BCUT2D eigenvalue weighted by Gasteiger charge is -2.22. The highest BCUT2D eigenvalue weighted by Crippen LogP contribution is 2.35. The standard InChI is InChI=1S/C18H25NOS/c1-5-11-19-18(16-12-13(3)21-14(16)4)15-9-7-8-10-17(15)20-6-2/h7-10,12,18-19H,5-6,11H2,1-4H3. The third-order valence-electron chi connectivity index (χ3n) is 3.52. The number of thiophene rings is 1. The Hall–Kier alpha value is -1.32. The van der Waals surface area contributed by atoms with Crippen molar-refractivity contribution >= 4 is 11.3 Å². The van der Waals surface area contributed by atoms with Gasteiger partial charge in [0.1, 0.15) is 5.75 Å². The van der Waals surface area contributed by atoms with E-state index in [2.05, 4.69) is 50.4 Å². The van der Waals surface area contributed by atoms with Crippen molar-refractivity contribution in [1.29, 1.82) is 0 Å². The number of nitrogens with one attached hydrogen (secondary N) is 1. The summed E-state index contributed by atoms with van der Waals surface area (Å²) in [5, 5.41) is 3.68. The minimum Gasteiger partial charge on any atom is -0.494 e. The van der Waals surface area contributed by atoms with Gasteiger partial charge in [0, 0.05) is 15.3 Å². The van der Waals surface area contributed by atoms with Crippen molar-refractivity contribution in [3.8, 4) is 5.75 Å². The Labute approximate surface area is 132 Å². The van der Waals surface area contributed by atoms with Crippen LogP contribution in [0.3, 0.4) is 0 Å². The van der Waals surface area contributed by atoms with E-state index >= 15 is 0 Å². The fraction of sp³-hybridized carbons (Fsp3) is 0.444. The van der Waals surface area contributed by atoms with Crippen LogP contribution < -0.4 is 10.1 Å². The van der Waals surface area contributed by atoms with Gasteiger partial charge in [-0.25, -0.2) is 0 Å². The molecule has 1 unspecified atom stereocenters. The van der Waals surface area contributed by atoms with Gasteiger partial charge in [-0.1, -0.05) is 25.1 Å². The van der Waals surface area contributed by atoms with E-state index in [0.29, 0.717) is 6.61 Å². The van der Waals surface area contributed by atoms with E-state index in [-0.39, 0.29) is 6.04 Å². The lowest BCUT2D eigenvalue weighted by molar-refractivity contribution is 0.333. The number of hydrogen-bond donors (Lipinski definition) is 1. The average Bonchev–Trinajstić information content (AvgIpc) is 2.80. The minimum atomic E-state index is 0.206. The van der Waals surface area contributed by atoms with Gasteiger partial charge in [0.15, 0.2) is 0 Å². The summed E-state index contributed by atoms with van der Waals surface area (Å²) in [4.78, 5) is 2.74. The maximum atomic E-state index is 5.83. The molecule has 0 radical (unpaired) electrons. The van der Waals surface area contributed by atoms with Crippen LogP contribution in [0.25, 0.3) is 0 Å². The topological polar surface area (TPSA) is 21.3 Å². The first-order valence-electron chi connectivity index (χ1n) is 7.69. The quantitative estimate of drug-likeness (QED) is 0.789. The molecule has 1 atom stereocenters. The smallest absolute Gasteiger partial charge is 0.124 e. The number of benzene rings is 1. The Morgan fingerprint density at radius 1 is 1.14 bits per heavy atom. The first-order chi connectivity index (χ1) is 10.2. The second-order valence-electron chi connectivity index (χ2n) is 5.23. The van der Waals surface area contributed by atoms with Crippen LogP contribution in [-0.2, 0) is 0 Å². The van der Waals surface area contributed by atoms with Crippen LogP contribution in [0.1, 0.15) is 47.2 Å². The molecule has 2 aromatic rings. The number of hydrogen-bond acceptors (Lipinski definition) is 3. The van der Waals surface area contributed by atoms with Crippen LogP contribution in [0, 0.1) is 13.8 Å². The zero-order chi connectivity index (χ0) is 15.2. The fourth-order valence-electron chi connectivity index (χ4n) is 2.62. The molecule has 1 N–H and O–H groups in total. The number of para-hydroxylation sites is 1. The summed E-state index contributed by atoms with van der Waals surface area (Å²) in [5.41, 5.74) is 2.60. The first kappa shape index (κ1) is 16.1. The lowest BCUT2D eigenvalue weighted by Crippen LogP contribution is -2.24. The summed E-state index contributed by atoms with van der Waals surface area (Å²) in [6.45, 7) is 10.3. The second-order valence-corrected chi connectivity index (χ2v) is 6.69. The molecule has 0 aliphatic rings. The van der Waals surface area contributed by atoms with E-state index in [9.17, 15) is 0 Å². The molecule has 1 heterocycles. The van der Waals surface area contributed by atoms with E-state index in [4.69, 9.17) is 4.74 Å². The second kappa shape index (κ2) is 7.62. The molecule has 0 saturated heterocycles. The van der Waals surface area contributed by atoms with Crippen LogP contribution in [0.2, 0.25) is 0 Å². The van der Waals surface area contributed by atoms with Crippen molar-refractivity contribution in [2.45, 2.75) is 40.2 Å². The lowest BCUT2D eigenvalue weighted by atomic mass is 9.98. The molecule has 0 bridgehead atoms. The number of aryl methyl sites for hydroxylation is 2. The minimum absolute atomic E-state index is 0.206. The van der Waals surface area contributed by atoms with Crippen LogP contribution in [-0.4, -0.2) is 13.2 Å². The zero-order valence-corrected chi connectivity index (χ0v) is 14.2. The predicted octanol–water partition coefficient (Wildman–Crippen LogP) is 4.85. The Balaban J connectivity index is 2.43. The van der Waals surface area contributed by atoms with Crippen LogP contribution in [0.5, 0.6) is 5.75 Å². The highest BCUT2D eigenvalue weighted by molar-refractivity contribution is 7.12. The molecule has 0 amide bonds. The normalized spacial score (nSPS) is 12.4. The molecule has 1 aromatic carbocycles. The number of ether oxygens (including phenoxy) is 1. The highest BCUT2D eigenvalue weighted by atomic mass is 32.1. The van der Waals surface area contributed by atoms with E-state index in [1.54, 1.807) is 0 Å². The predicted molar refractivity (Wildman–Crippen MR) is 91.5 cm³/mol. The number of rotatable bonds is 7. The molecule has 0 fully saturated rings. The molecule has 1 aromatic heterocycles. The molecule has 21 heavy (non-hydrogen) atoms. The van der Waals surface area contributed by atoms with E-state index < -0.39 is 0 Å². The largest absolute Gasteiger partial charge is 0.494 e. The van der Waals surface area contributed by atoms with Gasteiger partial charge in [-0.05, 0) is 51.4 Å². The van der Waals surface area contributed by atoms with Crippen LogP contribution in [0.15, 0.2) is 30.3 Å². The molecular weight excluding hydrogens is 278 g/mol. The van der Waals surface area contributed by atoms with Crippen LogP contribution in [0.4, 0.5) is 0 Å². The van der Waals surface area contributed by atoms with Crippen molar-refractivity contribution in [3.05, 3.63) is 51.2 Å². The fourth-order valence-corrected chi connectivity index (χ4v) is 3.58. The molecule has 0 aliphatic carbocycles. The summed E-state index contributed by atoms with van der Waals surface area (Å²) >= 11 is 1.86. The summed E-state index contributed by atoms with van der Waals surface area (Å²) in [5.74, 6) is 0.983. The SMILES string of the molecule is CCCNC(c1ccccc1OCC)c1cc(C)sc1C. The van der Waals surface area contributed by atoms with Gasteiger partial charge in [-0.3, -0.25) is 0 Å². The van der Waals surface area contributed by atoms with Crippen molar-refractivity contribution in [2.75, 3.05) is 13.2 Å². The van der Waals surface area contributed by atoms with Crippen molar-refractivity contribution < 1.29 is 4.74 Å². The zero-order valence-electron chi connectivity index (χ0n) is 13.4. The van der Waals surface area contributed by atoms with E-state index in [1.165, 1.54) is 20.9 Å². The Bertz CT molecular complexity index is 576. The molecule has 2 rings (SSSR count). The maximum Gasteiger partial charge on any atom is 0.124 e.